The largest absolute Gasteiger partial charge is 0.444 e. The lowest BCUT2D eigenvalue weighted by molar-refractivity contribution is -0.128. The lowest BCUT2D eigenvalue weighted by atomic mass is 9.96. The van der Waals surface area contributed by atoms with Crippen molar-refractivity contribution in [3.8, 4) is 12.1 Å². The van der Waals surface area contributed by atoms with Crippen LogP contribution in [0.2, 0.25) is 0 Å². The molecule has 4 unspecified atom stereocenters. The summed E-state index contributed by atoms with van der Waals surface area (Å²) in [5, 5.41) is 23.0. The van der Waals surface area contributed by atoms with Gasteiger partial charge in [0.25, 0.3) is 5.56 Å². The molecule has 1 aliphatic heterocycles. The summed E-state index contributed by atoms with van der Waals surface area (Å²) in [5.74, 6) is -1.09. The van der Waals surface area contributed by atoms with Crippen LogP contribution in [0.4, 0.5) is 9.18 Å². The van der Waals surface area contributed by atoms with Crippen molar-refractivity contribution in [3.63, 3.8) is 0 Å². The summed E-state index contributed by atoms with van der Waals surface area (Å²) in [6.45, 7) is 5.32. The smallest absolute Gasteiger partial charge is 0.411 e. The number of nitriles is 2. The number of piperidine rings is 1. The molecule has 1 saturated carbocycles. The predicted molar refractivity (Wildman–Crippen MR) is 141 cm³/mol. The topological polar surface area (TPSA) is 139 Å². The number of aromatic amines is 1. The second kappa shape index (κ2) is 9.70. The summed E-state index contributed by atoms with van der Waals surface area (Å²) in [6, 6.07) is 9.90. The van der Waals surface area contributed by atoms with Gasteiger partial charge in [-0.15, -0.1) is 0 Å². The fraction of sp³-hybridized carbons (Fsp3) is 0.414. The van der Waals surface area contributed by atoms with Gasteiger partial charge in [-0.25, -0.2) is 9.18 Å². The molecule has 2 aliphatic rings. The molecule has 2 heterocycles. The van der Waals surface area contributed by atoms with Gasteiger partial charge in [-0.05, 0) is 75.1 Å². The summed E-state index contributed by atoms with van der Waals surface area (Å²) < 4.78 is 20.0. The van der Waals surface area contributed by atoms with Gasteiger partial charge >= 0.3 is 6.09 Å². The minimum absolute atomic E-state index is 0.00747. The van der Waals surface area contributed by atoms with Crippen molar-refractivity contribution in [1.29, 1.82) is 10.5 Å². The molecule has 0 spiro atoms. The summed E-state index contributed by atoms with van der Waals surface area (Å²) >= 11 is 0. The lowest BCUT2D eigenvalue weighted by Gasteiger charge is -2.35. The van der Waals surface area contributed by atoms with Gasteiger partial charge in [-0.3, -0.25) is 14.5 Å². The van der Waals surface area contributed by atoms with Crippen molar-refractivity contribution in [2.75, 3.05) is 0 Å². The number of ether oxygens (including phenoxy) is 1. The van der Waals surface area contributed by atoms with E-state index in [-0.39, 0.29) is 34.8 Å². The first-order chi connectivity index (χ1) is 18.5. The second-order valence-corrected chi connectivity index (χ2v) is 11.3. The molecular weight excluding hydrogens is 501 g/mol. The Balaban J connectivity index is 1.38. The molecule has 2 aromatic carbocycles. The van der Waals surface area contributed by atoms with Crippen molar-refractivity contribution >= 4 is 33.7 Å². The molecule has 1 aromatic heterocycles. The second-order valence-electron chi connectivity index (χ2n) is 11.3. The molecular formula is C29H28FN5O4. The normalized spacial score (nSPS) is 21.0. The SMILES string of the molecule is CC(C)(C)OC(=O)N1C2CCC(C2)C1C(=O)NC(C#N)Cc1ccc2c(c1)c(=O)[nH]c1c(F)cc(C#N)cc12. The Morgan fingerprint density at radius 3 is 2.64 bits per heavy atom. The van der Waals surface area contributed by atoms with Gasteiger partial charge < -0.3 is 15.0 Å². The Labute approximate surface area is 224 Å². The zero-order chi connectivity index (χ0) is 28.1. The number of aromatic nitrogens is 1. The van der Waals surface area contributed by atoms with Crippen molar-refractivity contribution < 1.29 is 18.7 Å². The fourth-order valence-electron chi connectivity index (χ4n) is 5.86. The van der Waals surface area contributed by atoms with Crippen molar-refractivity contribution in [3.05, 3.63) is 57.6 Å². The maximum Gasteiger partial charge on any atom is 0.411 e. The van der Waals surface area contributed by atoms with E-state index in [9.17, 15) is 29.3 Å². The summed E-state index contributed by atoms with van der Waals surface area (Å²) in [5.41, 5.74) is -0.438. The standard InChI is InChI=1S/C29H28FN5O4/c1-29(2,3)39-28(38)35-19-6-5-17(12-19)25(35)27(37)33-18(14-32)8-15-4-7-20-21-10-16(13-31)11-23(30)24(21)34-26(36)22(20)9-15/h4,7,9-11,17-19,25H,5-6,8,12H2,1-3H3,(H,33,37)(H,34,36). The molecule has 10 heteroatoms. The minimum Gasteiger partial charge on any atom is -0.444 e. The molecule has 9 nitrogen and oxygen atoms in total. The number of H-pyrrole nitrogens is 1. The fourth-order valence-corrected chi connectivity index (χ4v) is 5.86. The average molecular weight is 530 g/mol. The van der Waals surface area contributed by atoms with Crippen LogP contribution in [-0.2, 0) is 16.0 Å². The van der Waals surface area contributed by atoms with E-state index in [2.05, 4.69) is 16.4 Å². The van der Waals surface area contributed by atoms with E-state index >= 15 is 0 Å². The molecule has 1 aliphatic carbocycles. The first kappa shape index (κ1) is 26.2. The maximum atomic E-state index is 14.5. The zero-order valence-corrected chi connectivity index (χ0v) is 21.9. The van der Waals surface area contributed by atoms with E-state index in [1.165, 1.54) is 11.0 Å². The third-order valence-corrected chi connectivity index (χ3v) is 7.45. The Morgan fingerprint density at radius 2 is 1.95 bits per heavy atom. The van der Waals surface area contributed by atoms with Gasteiger partial charge in [0.15, 0.2) is 0 Å². The van der Waals surface area contributed by atoms with Crippen LogP contribution in [0.25, 0.3) is 21.7 Å². The van der Waals surface area contributed by atoms with Gasteiger partial charge in [0.05, 0.1) is 23.2 Å². The first-order valence-electron chi connectivity index (χ1n) is 12.9. The highest BCUT2D eigenvalue weighted by molar-refractivity contribution is 6.06. The van der Waals surface area contributed by atoms with Crippen LogP contribution in [0.5, 0.6) is 0 Å². The third-order valence-electron chi connectivity index (χ3n) is 7.45. The van der Waals surface area contributed by atoms with E-state index in [0.29, 0.717) is 16.3 Å². The van der Waals surface area contributed by atoms with Gasteiger partial charge in [-0.1, -0.05) is 12.1 Å². The molecule has 2 bridgehead atoms. The van der Waals surface area contributed by atoms with Crippen LogP contribution >= 0.6 is 0 Å². The summed E-state index contributed by atoms with van der Waals surface area (Å²) in [4.78, 5) is 43.1. The molecule has 200 valence electrons. The van der Waals surface area contributed by atoms with Crippen molar-refractivity contribution in [2.24, 2.45) is 5.92 Å². The summed E-state index contributed by atoms with van der Waals surface area (Å²) in [6.07, 6.45) is 1.96. The van der Waals surface area contributed by atoms with E-state index in [0.717, 1.165) is 25.3 Å². The Hall–Kier alpha value is -4.44. The van der Waals surface area contributed by atoms with Crippen LogP contribution in [0.15, 0.2) is 35.1 Å². The van der Waals surface area contributed by atoms with E-state index in [1.807, 2.05) is 6.07 Å². The molecule has 2 fully saturated rings. The monoisotopic (exact) mass is 529 g/mol. The summed E-state index contributed by atoms with van der Waals surface area (Å²) in [7, 11) is 0. The van der Waals surface area contributed by atoms with E-state index < -0.39 is 41.1 Å². The first-order valence-corrected chi connectivity index (χ1v) is 12.9. The van der Waals surface area contributed by atoms with E-state index in [4.69, 9.17) is 4.74 Å². The molecule has 5 rings (SSSR count). The predicted octanol–water partition coefficient (Wildman–Crippen LogP) is 4.03. The number of benzene rings is 2. The van der Waals surface area contributed by atoms with Crippen molar-refractivity contribution in [2.45, 2.75) is 70.2 Å². The Bertz CT molecular complexity index is 1640. The lowest BCUT2D eigenvalue weighted by Crippen LogP contribution is -2.55. The van der Waals surface area contributed by atoms with Crippen LogP contribution in [0, 0.1) is 34.4 Å². The highest BCUT2D eigenvalue weighted by atomic mass is 19.1. The molecule has 4 atom stereocenters. The molecule has 2 amide bonds. The highest BCUT2D eigenvalue weighted by Gasteiger charge is 2.52. The highest BCUT2D eigenvalue weighted by Crippen LogP contribution is 2.43. The van der Waals surface area contributed by atoms with E-state index in [1.54, 1.807) is 39.0 Å². The van der Waals surface area contributed by atoms with Gasteiger partial charge in [0.2, 0.25) is 5.91 Å². The Kier molecular flexibility index (Phi) is 6.51. The number of carbonyl (C=O) groups excluding carboxylic acids is 2. The average Bonchev–Trinajstić information content (AvgIpc) is 3.50. The maximum absolute atomic E-state index is 14.5. The number of nitrogens with one attached hydrogen (secondary N) is 2. The molecule has 2 N–H and O–H groups in total. The molecule has 0 radical (unpaired) electrons. The van der Waals surface area contributed by atoms with Crippen LogP contribution in [0.3, 0.4) is 0 Å². The van der Waals surface area contributed by atoms with Crippen LogP contribution in [0.1, 0.15) is 51.2 Å². The minimum atomic E-state index is -0.906. The van der Waals surface area contributed by atoms with Gasteiger partial charge in [-0.2, -0.15) is 10.5 Å². The Morgan fingerprint density at radius 1 is 1.18 bits per heavy atom. The van der Waals surface area contributed by atoms with Gasteiger partial charge in [0.1, 0.15) is 23.5 Å². The third kappa shape index (κ3) is 4.90. The van der Waals surface area contributed by atoms with Crippen LogP contribution < -0.4 is 10.9 Å². The number of pyridine rings is 1. The number of likely N-dealkylation sites (tertiary alicyclic amines) is 1. The van der Waals surface area contributed by atoms with Crippen LogP contribution in [-0.4, -0.2) is 45.6 Å². The quantitative estimate of drug-likeness (QED) is 0.489. The molecule has 3 aromatic rings. The number of carbonyl (C=O) groups is 2. The molecule has 39 heavy (non-hydrogen) atoms. The number of hydrogen-bond acceptors (Lipinski definition) is 6. The van der Waals surface area contributed by atoms with Gasteiger partial charge in [0, 0.05) is 23.2 Å². The number of nitrogens with zero attached hydrogens (tertiary/aromatic N) is 3. The number of fused-ring (bicyclic) bond motifs is 5. The number of rotatable bonds is 4. The molecule has 1 saturated heterocycles. The zero-order valence-electron chi connectivity index (χ0n) is 21.9. The van der Waals surface area contributed by atoms with Crippen molar-refractivity contribution in [1.82, 2.24) is 15.2 Å². The number of hydrogen-bond donors (Lipinski definition) is 2. The number of amides is 2. The number of halogens is 1.